The number of alkyl halides is 1. The van der Waals surface area contributed by atoms with Crippen LogP contribution in [0.4, 0.5) is 11.6 Å². The lowest BCUT2D eigenvalue weighted by Gasteiger charge is -2.14. The predicted molar refractivity (Wildman–Crippen MR) is 118 cm³/mol. The van der Waals surface area contributed by atoms with E-state index < -0.39 is 0 Å². The lowest BCUT2D eigenvalue weighted by molar-refractivity contribution is 0.324. The van der Waals surface area contributed by atoms with Crippen molar-refractivity contribution in [3.63, 3.8) is 0 Å². The molecular weight excluding hydrogens is 449 g/mol. The van der Waals surface area contributed by atoms with E-state index in [-0.39, 0.29) is 5.28 Å². The number of halogens is 2. The second-order valence-corrected chi connectivity index (χ2v) is 7.80. The largest absolute Gasteiger partial charge is 0.493 e. The van der Waals surface area contributed by atoms with Crippen molar-refractivity contribution in [2.75, 3.05) is 26.6 Å². The van der Waals surface area contributed by atoms with E-state index in [0.29, 0.717) is 34.8 Å². The highest BCUT2D eigenvalue weighted by atomic mass is 35.5. The molecule has 3 aromatic heterocycles. The van der Waals surface area contributed by atoms with Crippen LogP contribution in [0.1, 0.15) is 4.88 Å². The van der Waals surface area contributed by atoms with Gasteiger partial charge in [0.1, 0.15) is 22.8 Å². The Labute approximate surface area is 186 Å². The van der Waals surface area contributed by atoms with Gasteiger partial charge in [-0.25, -0.2) is 9.97 Å². The number of rotatable bonds is 7. The van der Waals surface area contributed by atoms with E-state index in [1.807, 2.05) is 29.0 Å². The molecule has 30 heavy (non-hydrogen) atoms. The van der Waals surface area contributed by atoms with Gasteiger partial charge in [0.15, 0.2) is 11.5 Å². The first-order chi connectivity index (χ1) is 14.6. The van der Waals surface area contributed by atoms with Crippen molar-refractivity contribution < 1.29 is 14.2 Å². The summed E-state index contributed by atoms with van der Waals surface area (Å²) in [5.74, 6) is 3.16. The maximum absolute atomic E-state index is 6.09. The number of nitrogens with zero attached hydrogens (tertiary/aromatic N) is 4. The molecule has 0 aliphatic carbocycles. The Morgan fingerprint density at radius 2 is 1.80 bits per heavy atom. The van der Waals surface area contributed by atoms with Gasteiger partial charge in [0.25, 0.3) is 0 Å². The van der Waals surface area contributed by atoms with Crippen LogP contribution >= 0.6 is 34.5 Å². The van der Waals surface area contributed by atoms with E-state index in [0.717, 1.165) is 20.8 Å². The fourth-order valence-corrected chi connectivity index (χ4v) is 4.31. The number of methoxy groups -OCH3 is 3. The molecule has 8 nitrogen and oxygen atoms in total. The molecule has 0 saturated heterocycles. The van der Waals surface area contributed by atoms with Crippen LogP contribution in [0.3, 0.4) is 0 Å². The highest BCUT2D eigenvalue weighted by Gasteiger charge is 2.16. The Balaban J connectivity index is 1.69. The summed E-state index contributed by atoms with van der Waals surface area (Å²) in [5, 5.41) is 4.19. The summed E-state index contributed by atoms with van der Waals surface area (Å²) in [4.78, 5) is 14.7. The predicted octanol–water partition coefficient (Wildman–Crippen LogP) is 5.04. The molecule has 0 bridgehead atoms. The minimum atomic E-state index is 0.150. The van der Waals surface area contributed by atoms with E-state index in [9.17, 15) is 0 Å². The first-order valence-electron chi connectivity index (χ1n) is 8.69. The van der Waals surface area contributed by atoms with Crippen LogP contribution in [0.5, 0.6) is 17.2 Å². The summed E-state index contributed by atoms with van der Waals surface area (Å²) in [6, 6.07) is 5.61. The number of aromatic nitrogens is 4. The molecule has 0 aliphatic heterocycles. The van der Waals surface area contributed by atoms with E-state index >= 15 is 0 Å². The molecule has 0 unspecified atom stereocenters. The average Bonchev–Trinajstić information content (AvgIpc) is 3.39. The SMILES string of the molecule is COc1cc(-n2cnc(Nc3nc(Cl)nc4sc(CCl)cc34)c2)cc(OC)c1OC. The fourth-order valence-electron chi connectivity index (χ4n) is 2.97. The van der Waals surface area contributed by atoms with Crippen LogP contribution in [0.15, 0.2) is 30.7 Å². The molecule has 4 rings (SSSR count). The zero-order chi connectivity index (χ0) is 21.3. The molecule has 0 aliphatic rings. The quantitative estimate of drug-likeness (QED) is 0.302. The van der Waals surface area contributed by atoms with Gasteiger partial charge < -0.3 is 24.1 Å². The molecule has 1 aromatic carbocycles. The topological polar surface area (TPSA) is 83.3 Å². The minimum Gasteiger partial charge on any atom is -0.493 e. The van der Waals surface area contributed by atoms with Crippen molar-refractivity contribution in [2.24, 2.45) is 0 Å². The Morgan fingerprint density at radius 3 is 2.43 bits per heavy atom. The van der Waals surface area contributed by atoms with Crippen molar-refractivity contribution in [1.29, 1.82) is 0 Å². The lowest BCUT2D eigenvalue weighted by atomic mass is 10.2. The number of anilines is 2. The molecule has 0 radical (unpaired) electrons. The molecular formula is C19H17Cl2N5O3S. The van der Waals surface area contributed by atoms with Gasteiger partial charge in [-0.1, -0.05) is 0 Å². The second-order valence-electron chi connectivity index (χ2n) is 6.08. The maximum atomic E-state index is 6.09. The number of fused-ring (bicyclic) bond motifs is 1. The normalized spacial score (nSPS) is 11.0. The zero-order valence-electron chi connectivity index (χ0n) is 16.3. The summed E-state index contributed by atoms with van der Waals surface area (Å²) in [6.07, 6.45) is 3.48. The first kappa shape index (κ1) is 20.5. The van der Waals surface area contributed by atoms with Gasteiger partial charge in [-0.05, 0) is 17.7 Å². The molecule has 11 heteroatoms. The Bertz CT molecular complexity index is 1190. The minimum absolute atomic E-state index is 0.150. The van der Waals surface area contributed by atoms with Crippen molar-refractivity contribution in [1.82, 2.24) is 19.5 Å². The van der Waals surface area contributed by atoms with Gasteiger partial charge in [-0.2, -0.15) is 4.98 Å². The van der Waals surface area contributed by atoms with Gasteiger partial charge in [-0.15, -0.1) is 22.9 Å². The summed E-state index contributed by atoms with van der Waals surface area (Å²) in [6.45, 7) is 0. The molecule has 0 spiro atoms. The maximum Gasteiger partial charge on any atom is 0.225 e. The number of imidazole rings is 1. The number of hydrogen-bond donors (Lipinski definition) is 1. The van der Waals surface area contributed by atoms with E-state index in [1.54, 1.807) is 27.7 Å². The van der Waals surface area contributed by atoms with Crippen LogP contribution in [0.25, 0.3) is 15.9 Å². The van der Waals surface area contributed by atoms with Crippen LogP contribution < -0.4 is 19.5 Å². The van der Waals surface area contributed by atoms with Crippen molar-refractivity contribution in [2.45, 2.75) is 5.88 Å². The molecule has 0 saturated carbocycles. The average molecular weight is 466 g/mol. The zero-order valence-corrected chi connectivity index (χ0v) is 18.6. The smallest absolute Gasteiger partial charge is 0.225 e. The third kappa shape index (κ3) is 3.83. The van der Waals surface area contributed by atoms with Crippen molar-refractivity contribution >= 4 is 56.4 Å². The van der Waals surface area contributed by atoms with Gasteiger partial charge in [-0.3, -0.25) is 0 Å². The Hall–Kier alpha value is -2.75. The van der Waals surface area contributed by atoms with Crippen LogP contribution in [-0.4, -0.2) is 40.8 Å². The fraction of sp³-hybridized carbons (Fsp3) is 0.211. The monoisotopic (exact) mass is 465 g/mol. The molecule has 0 atom stereocenters. The molecule has 4 aromatic rings. The number of hydrogen-bond acceptors (Lipinski definition) is 8. The third-order valence-electron chi connectivity index (χ3n) is 4.32. The van der Waals surface area contributed by atoms with Crippen LogP contribution in [-0.2, 0) is 5.88 Å². The van der Waals surface area contributed by atoms with Crippen molar-refractivity contribution in [3.05, 3.63) is 40.9 Å². The standard InChI is InChI=1S/C19H17Cl2N5O3S/c1-27-13-4-10(5-14(28-2)16(13)29-3)26-8-15(22-9-26)23-17-12-6-11(7-20)30-18(12)25-19(21)24-17/h4-6,8-9H,7H2,1-3H3,(H,23,24,25). The third-order valence-corrected chi connectivity index (χ3v) is 5.97. The van der Waals surface area contributed by atoms with Crippen LogP contribution in [0, 0.1) is 0 Å². The first-order valence-corrected chi connectivity index (χ1v) is 10.4. The number of ether oxygens (including phenoxy) is 3. The second kappa shape index (κ2) is 8.55. The molecule has 1 N–H and O–H groups in total. The highest BCUT2D eigenvalue weighted by molar-refractivity contribution is 7.18. The summed E-state index contributed by atoms with van der Waals surface area (Å²) >= 11 is 13.5. The Kier molecular flexibility index (Phi) is 5.85. The lowest BCUT2D eigenvalue weighted by Crippen LogP contribution is -1.99. The Morgan fingerprint density at radius 1 is 1.07 bits per heavy atom. The summed E-state index contributed by atoms with van der Waals surface area (Å²) < 4.78 is 18.0. The van der Waals surface area contributed by atoms with Gasteiger partial charge in [0, 0.05) is 17.0 Å². The molecule has 0 amide bonds. The summed E-state index contributed by atoms with van der Waals surface area (Å²) in [5.41, 5.74) is 0.788. The van der Waals surface area contributed by atoms with E-state index in [2.05, 4.69) is 20.3 Å². The molecule has 156 valence electrons. The molecule has 3 heterocycles. The molecule has 0 fully saturated rings. The van der Waals surface area contributed by atoms with Gasteiger partial charge in [0.05, 0.1) is 44.5 Å². The number of benzene rings is 1. The van der Waals surface area contributed by atoms with E-state index in [4.69, 9.17) is 37.4 Å². The van der Waals surface area contributed by atoms with Gasteiger partial charge in [0.2, 0.25) is 11.0 Å². The van der Waals surface area contributed by atoms with Gasteiger partial charge >= 0.3 is 0 Å². The van der Waals surface area contributed by atoms with Crippen LogP contribution in [0.2, 0.25) is 5.28 Å². The van der Waals surface area contributed by atoms with Crippen molar-refractivity contribution in [3.8, 4) is 22.9 Å². The summed E-state index contributed by atoms with van der Waals surface area (Å²) in [7, 11) is 4.71. The number of nitrogens with one attached hydrogen (secondary N) is 1. The van der Waals surface area contributed by atoms with E-state index in [1.165, 1.54) is 11.3 Å². The highest BCUT2D eigenvalue weighted by Crippen LogP contribution is 2.39. The number of thiophene rings is 1.